The van der Waals surface area contributed by atoms with E-state index in [1.54, 1.807) is 12.0 Å². The van der Waals surface area contributed by atoms with Crippen molar-refractivity contribution in [2.75, 3.05) is 64.8 Å². The number of carbonyl (C=O) groups excluding carboxylic acids is 4. The molecule has 0 bridgehead atoms. The van der Waals surface area contributed by atoms with Crippen LogP contribution in [-0.4, -0.2) is 89.8 Å². The number of alkyl carbamates (subject to hydrolysis) is 2. The summed E-state index contributed by atoms with van der Waals surface area (Å²) in [4.78, 5) is 53.1. The molecule has 0 saturated heterocycles. The van der Waals surface area contributed by atoms with Gasteiger partial charge < -0.3 is 39.2 Å². The Morgan fingerprint density at radius 3 is 2.22 bits per heavy atom. The van der Waals surface area contributed by atoms with Crippen molar-refractivity contribution in [3.8, 4) is 11.8 Å². The Labute approximate surface area is 289 Å². The van der Waals surface area contributed by atoms with Gasteiger partial charge in [0.15, 0.2) is 5.78 Å². The molecule has 49 heavy (non-hydrogen) atoms. The molecule has 12 heteroatoms. The second-order valence-electron chi connectivity index (χ2n) is 11.3. The lowest BCUT2D eigenvalue weighted by Crippen LogP contribution is -2.41. The Balaban J connectivity index is 1.52. The summed E-state index contributed by atoms with van der Waals surface area (Å²) >= 11 is 0. The number of rotatable bonds is 22. The summed E-state index contributed by atoms with van der Waals surface area (Å²) in [6.45, 7) is 4.85. The van der Waals surface area contributed by atoms with Crippen molar-refractivity contribution in [3.63, 3.8) is 0 Å². The first-order chi connectivity index (χ1) is 23.9. The van der Waals surface area contributed by atoms with Crippen LogP contribution in [0, 0.1) is 11.8 Å². The zero-order valence-corrected chi connectivity index (χ0v) is 28.6. The van der Waals surface area contributed by atoms with Crippen molar-refractivity contribution in [3.05, 3.63) is 65.2 Å². The minimum absolute atomic E-state index is 0.0191. The Hall–Kier alpha value is -4.44. The number of carbonyl (C=O) groups is 4. The number of amides is 3. The highest BCUT2D eigenvalue weighted by Gasteiger charge is 2.24. The number of ether oxygens (including phenoxy) is 5. The average molecular weight is 680 g/mol. The van der Waals surface area contributed by atoms with Gasteiger partial charge in [0.05, 0.1) is 44.7 Å². The Morgan fingerprint density at radius 2 is 1.45 bits per heavy atom. The van der Waals surface area contributed by atoms with Crippen LogP contribution in [0.4, 0.5) is 15.3 Å². The second-order valence-corrected chi connectivity index (χ2v) is 11.3. The van der Waals surface area contributed by atoms with Crippen LogP contribution in [0.5, 0.6) is 0 Å². The van der Waals surface area contributed by atoms with E-state index in [2.05, 4.69) is 22.5 Å². The summed E-state index contributed by atoms with van der Waals surface area (Å²) in [5.74, 6) is 6.08. The van der Waals surface area contributed by atoms with Crippen LogP contribution in [-0.2, 0) is 39.8 Å². The maximum absolute atomic E-state index is 13.6. The third-order valence-electron chi connectivity index (χ3n) is 7.56. The van der Waals surface area contributed by atoms with Gasteiger partial charge in [0.25, 0.3) is 0 Å². The van der Waals surface area contributed by atoms with E-state index in [0.29, 0.717) is 65.2 Å². The molecule has 0 fully saturated rings. The van der Waals surface area contributed by atoms with E-state index < -0.39 is 18.2 Å². The normalized spacial score (nSPS) is 12.2. The van der Waals surface area contributed by atoms with Crippen LogP contribution in [0.25, 0.3) is 0 Å². The first kappa shape index (κ1) is 39.0. The number of ketones is 1. The Morgan fingerprint density at radius 1 is 0.776 bits per heavy atom. The third kappa shape index (κ3) is 14.7. The maximum atomic E-state index is 13.6. The van der Waals surface area contributed by atoms with Crippen LogP contribution in [0.15, 0.2) is 48.5 Å². The predicted octanol–water partition coefficient (Wildman–Crippen LogP) is 4.75. The smallest absolute Gasteiger partial charge is 0.407 e. The Kier molecular flexibility index (Phi) is 18.3. The highest BCUT2D eigenvalue weighted by Crippen LogP contribution is 2.26. The zero-order chi connectivity index (χ0) is 35.1. The van der Waals surface area contributed by atoms with Crippen LogP contribution < -0.4 is 15.5 Å². The molecule has 3 rings (SSSR count). The van der Waals surface area contributed by atoms with Gasteiger partial charge in [0.1, 0.15) is 13.2 Å². The fourth-order valence-corrected chi connectivity index (χ4v) is 5.02. The standard InChI is InChI=1S/C37H49N3O9/c1-3-21-46-24-26-48-36(43)38-20-9-8-14-32(39-37(44)49-27-25-47-23-22-45-2)34(41)16-10-17-35(42)40-28-31-13-5-4-11-29(31)18-19-30-12-6-7-15-33(30)40/h4-7,11-13,15,32H,3,8-10,14,16-17,20-28H2,1-2H3,(H,38,43)(H,39,44). The molecule has 0 radical (unpaired) electrons. The van der Waals surface area contributed by atoms with E-state index in [1.807, 2.05) is 55.5 Å². The molecule has 0 aliphatic carbocycles. The lowest BCUT2D eigenvalue weighted by Gasteiger charge is -2.26. The number of Topliss-reactive ketones (excluding diaryl/α,β-unsaturated/α-hetero) is 1. The number of methoxy groups -OCH3 is 1. The van der Waals surface area contributed by atoms with Crippen molar-refractivity contribution in [2.24, 2.45) is 0 Å². The molecule has 12 nitrogen and oxygen atoms in total. The van der Waals surface area contributed by atoms with Crippen molar-refractivity contribution in [1.82, 2.24) is 10.6 Å². The number of fused-ring (bicyclic) bond motifs is 2. The maximum Gasteiger partial charge on any atom is 0.407 e. The van der Waals surface area contributed by atoms with Crippen molar-refractivity contribution in [2.45, 2.75) is 64.5 Å². The summed E-state index contributed by atoms with van der Waals surface area (Å²) in [5, 5.41) is 5.36. The highest BCUT2D eigenvalue weighted by molar-refractivity contribution is 5.95. The van der Waals surface area contributed by atoms with Gasteiger partial charge in [-0.05, 0) is 55.9 Å². The highest BCUT2D eigenvalue weighted by atomic mass is 16.6. The van der Waals surface area contributed by atoms with Crippen LogP contribution in [0.3, 0.4) is 0 Å². The van der Waals surface area contributed by atoms with Crippen molar-refractivity contribution >= 4 is 29.6 Å². The lowest BCUT2D eigenvalue weighted by molar-refractivity contribution is -0.121. The van der Waals surface area contributed by atoms with Crippen molar-refractivity contribution in [1.29, 1.82) is 0 Å². The van der Waals surface area contributed by atoms with Gasteiger partial charge in [-0.3, -0.25) is 9.59 Å². The molecule has 1 heterocycles. The predicted molar refractivity (Wildman–Crippen MR) is 184 cm³/mol. The molecule has 0 saturated carbocycles. The fraction of sp³-hybridized carbons (Fsp3) is 0.514. The molecule has 3 amide bonds. The number of unbranched alkanes of at least 4 members (excludes halogenated alkanes) is 1. The summed E-state index contributed by atoms with van der Waals surface area (Å²) in [6, 6.07) is 14.5. The minimum Gasteiger partial charge on any atom is -0.447 e. The van der Waals surface area contributed by atoms with E-state index in [4.69, 9.17) is 23.7 Å². The molecule has 1 aliphatic heterocycles. The van der Waals surface area contributed by atoms with Gasteiger partial charge in [-0.25, -0.2) is 9.59 Å². The summed E-state index contributed by atoms with van der Waals surface area (Å²) in [7, 11) is 1.57. The lowest BCUT2D eigenvalue weighted by atomic mass is 10.00. The number of nitrogens with one attached hydrogen (secondary N) is 2. The third-order valence-corrected chi connectivity index (χ3v) is 7.56. The van der Waals surface area contributed by atoms with E-state index in [1.165, 1.54) is 0 Å². The number of hydrogen-bond donors (Lipinski definition) is 2. The molecule has 0 spiro atoms. The monoisotopic (exact) mass is 679 g/mol. The molecule has 1 aliphatic rings. The molecule has 1 unspecified atom stereocenters. The largest absolute Gasteiger partial charge is 0.447 e. The fourth-order valence-electron chi connectivity index (χ4n) is 5.02. The van der Waals surface area contributed by atoms with Gasteiger partial charge in [0, 0.05) is 44.2 Å². The van der Waals surface area contributed by atoms with Crippen LogP contribution in [0.1, 0.15) is 68.6 Å². The number of para-hydroxylation sites is 1. The molecule has 2 aromatic carbocycles. The van der Waals surface area contributed by atoms with Gasteiger partial charge in [-0.15, -0.1) is 0 Å². The van der Waals surface area contributed by atoms with Crippen molar-refractivity contribution < 1.29 is 42.9 Å². The molecule has 1 atom stereocenters. The number of benzene rings is 2. The topological polar surface area (TPSA) is 142 Å². The van der Waals surface area contributed by atoms with Gasteiger partial charge >= 0.3 is 12.2 Å². The van der Waals surface area contributed by atoms with E-state index in [0.717, 1.165) is 28.8 Å². The van der Waals surface area contributed by atoms with Gasteiger partial charge in [-0.2, -0.15) is 0 Å². The average Bonchev–Trinajstić information content (AvgIpc) is 3.09. The molecule has 2 N–H and O–H groups in total. The molecule has 2 aromatic rings. The summed E-state index contributed by atoms with van der Waals surface area (Å²) < 4.78 is 25.8. The van der Waals surface area contributed by atoms with Crippen LogP contribution >= 0.6 is 0 Å². The number of nitrogens with zero attached hydrogens (tertiary/aromatic N) is 1. The SMILES string of the molecule is CCCOCCOC(=O)NCCCCC(NC(=O)OCCOCCOC)C(=O)CCCC(=O)N1Cc2ccccc2C#Cc2ccccc21. The Bertz CT molecular complexity index is 1400. The van der Waals surface area contributed by atoms with Crippen LogP contribution in [0.2, 0.25) is 0 Å². The first-order valence-electron chi connectivity index (χ1n) is 16.9. The number of hydrogen-bond acceptors (Lipinski definition) is 9. The summed E-state index contributed by atoms with van der Waals surface area (Å²) in [5.41, 5.74) is 3.31. The zero-order valence-electron chi connectivity index (χ0n) is 28.6. The molecular formula is C37H49N3O9. The van der Waals surface area contributed by atoms with E-state index >= 15 is 0 Å². The minimum atomic E-state index is -0.816. The van der Waals surface area contributed by atoms with E-state index in [-0.39, 0.29) is 44.4 Å². The first-order valence-corrected chi connectivity index (χ1v) is 16.9. The molecular weight excluding hydrogens is 630 g/mol. The van der Waals surface area contributed by atoms with Gasteiger partial charge in [-0.1, -0.05) is 49.1 Å². The van der Waals surface area contributed by atoms with Gasteiger partial charge in [0.2, 0.25) is 5.91 Å². The summed E-state index contributed by atoms with van der Waals surface area (Å²) in [6.07, 6.45) is 1.60. The molecule has 266 valence electrons. The second kappa shape index (κ2) is 23.0. The number of anilines is 1. The van der Waals surface area contributed by atoms with E-state index in [9.17, 15) is 19.2 Å². The quantitative estimate of drug-likeness (QED) is 0.133. The molecule has 0 aromatic heterocycles.